The number of ether oxygens (including phenoxy) is 4. The van der Waals surface area contributed by atoms with Crippen molar-refractivity contribution in [3.8, 4) is 29.1 Å². The third kappa shape index (κ3) is 2.85. The smallest absolute Gasteiger partial charge is 0.326 e. The molecule has 10 nitrogen and oxygen atoms in total. The molecular formula is C17H16N4O6. The maximum Gasteiger partial charge on any atom is 0.326 e. The minimum absolute atomic E-state index is 0.0259. The lowest BCUT2D eigenvalue weighted by Crippen LogP contribution is -2.32. The maximum atomic E-state index is 12.1. The molecule has 0 saturated carbocycles. The number of aromatic amines is 2. The van der Waals surface area contributed by atoms with E-state index in [4.69, 9.17) is 24.7 Å². The third-order valence-corrected chi connectivity index (χ3v) is 4.12. The van der Waals surface area contributed by atoms with Crippen molar-refractivity contribution >= 4 is 0 Å². The van der Waals surface area contributed by atoms with E-state index in [1.807, 2.05) is 6.07 Å². The van der Waals surface area contributed by atoms with Crippen LogP contribution in [0.25, 0.3) is 0 Å². The number of allylic oxidation sites excluding steroid dienone is 1. The highest BCUT2D eigenvalue weighted by Gasteiger charge is 2.34. The summed E-state index contributed by atoms with van der Waals surface area (Å²) >= 11 is 0. The lowest BCUT2D eigenvalue weighted by molar-refractivity contribution is 0.323. The summed E-state index contributed by atoms with van der Waals surface area (Å²) in [5.74, 6) is -0.273. The van der Waals surface area contributed by atoms with Gasteiger partial charge in [0.25, 0.3) is 5.56 Å². The van der Waals surface area contributed by atoms with Gasteiger partial charge >= 0.3 is 5.69 Å². The van der Waals surface area contributed by atoms with Crippen molar-refractivity contribution in [3.63, 3.8) is 0 Å². The number of nitriles is 1. The van der Waals surface area contributed by atoms with Gasteiger partial charge in [-0.05, 0) is 17.7 Å². The highest BCUT2D eigenvalue weighted by Crippen LogP contribution is 2.45. The largest absolute Gasteiger partial charge is 0.493 e. The molecule has 140 valence electrons. The highest BCUT2D eigenvalue weighted by atomic mass is 16.5. The molecule has 3 rings (SSSR count). The maximum absolute atomic E-state index is 12.1. The standard InChI is InChI=1S/C17H16N4O6/c1-24-9-4-7(5-10(25-2)13(9)26-3)11-8(6-18)15(19)27-14-12(11)20-17(23)21-16(14)22/h4-5,11H,19H2,1-3H3,(H2,20,21,22,23)/t11-/m0/s1. The lowest BCUT2D eigenvalue weighted by atomic mass is 9.86. The first-order chi connectivity index (χ1) is 12.9. The third-order valence-electron chi connectivity index (χ3n) is 4.12. The Kier molecular flexibility index (Phi) is 4.51. The molecule has 0 amide bonds. The first-order valence-corrected chi connectivity index (χ1v) is 7.69. The molecule has 1 aliphatic rings. The number of methoxy groups -OCH3 is 3. The number of nitrogens with zero attached hydrogens (tertiary/aromatic N) is 1. The molecular weight excluding hydrogens is 356 g/mol. The van der Waals surface area contributed by atoms with E-state index in [-0.39, 0.29) is 22.9 Å². The predicted molar refractivity (Wildman–Crippen MR) is 93.1 cm³/mol. The second-order valence-corrected chi connectivity index (χ2v) is 5.53. The predicted octanol–water partition coefficient (Wildman–Crippen LogP) is 0.307. The van der Waals surface area contributed by atoms with Crippen molar-refractivity contribution in [3.05, 3.63) is 55.7 Å². The van der Waals surface area contributed by atoms with Crippen molar-refractivity contribution in [2.24, 2.45) is 5.73 Å². The van der Waals surface area contributed by atoms with Crippen molar-refractivity contribution in [2.75, 3.05) is 21.3 Å². The first-order valence-electron chi connectivity index (χ1n) is 7.69. The SMILES string of the molecule is COc1cc([C@H]2C(C#N)=C(N)Oc3c2[nH]c(=O)[nH]c3=O)cc(OC)c1OC. The minimum Gasteiger partial charge on any atom is -0.493 e. The van der Waals surface area contributed by atoms with Gasteiger partial charge in [0.05, 0.1) is 32.9 Å². The van der Waals surface area contributed by atoms with Crippen molar-refractivity contribution in [1.29, 1.82) is 5.26 Å². The number of fused-ring (bicyclic) bond motifs is 1. The van der Waals surface area contributed by atoms with Crippen LogP contribution < -0.4 is 35.9 Å². The van der Waals surface area contributed by atoms with E-state index in [2.05, 4.69) is 9.97 Å². The van der Waals surface area contributed by atoms with Crippen LogP contribution in [0.15, 0.2) is 33.2 Å². The fourth-order valence-corrected chi connectivity index (χ4v) is 2.97. The lowest BCUT2D eigenvalue weighted by Gasteiger charge is -2.26. The van der Waals surface area contributed by atoms with Crippen molar-refractivity contribution in [1.82, 2.24) is 9.97 Å². The van der Waals surface area contributed by atoms with Crippen LogP contribution in [0.1, 0.15) is 17.2 Å². The fourth-order valence-electron chi connectivity index (χ4n) is 2.97. The van der Waals surface area contributed by atoms with E-state index < -0.39 is 17.2 Å². The number of nitrogens with one attached hydrogen (secondary N) is 2. The Hall–Kier alpha value is -3.87. The van der Waals surface area contributed by atoms with Crippen LogP contribution in [0.3, 0.4) is 0 Å². The zero-order valence-corrected chi connectivity index (χ0v) is 14.7. The summed E-state index contributed by atoms with van der Waals surface area (Å²) in [7, 11) is 4.35. The molecule has 27 heavy (non-hydrogen) atoms. The molecule has 0 fully saturated rings. The molecule has 0 unspecified atom stereocenters. The average Bonchev–Trinajstić information content (AvgIpc) is 2.66. The molecule has 0 saturated heterocycles. The molecule has 2 heterocycles. The number of hydrogen-bond donors (Lipinski definition) is 3. The van der Waals surface area contributed by atoms with E-state index in [0.717, 1.165) is 0 Å². The number of benzene rings is 1. The van der Waals surface area contributed by atoms with Gasteiger partial charge in [-0.3, -0.25) is 9.78 Å². The van der Waals surface area contributed by atoms with Crippen LogP contribution in [0.5, 0.6) is 23.0 Å². The molecule has 1 aliphatic heterocycles. The zero-order chi connectivity index (χ0) is 19.7. The Balaban J connectivity index is 2.35. The Morgan fingerprint density at radius 1 is 1.11 bits per heavy atom. The summed E-state index contributed by atoms with van der Waals surface area (Å²) in [4.78, 5) is 28.5. The van der Waals surface area contributed by atoms with Gasteiger partial charge < -0.3 is 29.7 Å². The summed E-state index contributed by atoms with van der Waals surface area (Å²) in [5.41, 5.74) is 4.95. The number of hydrogen-bond acceptors (Lipinski definition) is 8. The summed E-state index contributed by atoms with van der Waals surface area (Å²) in [6, 6.07) is 5.17. The Morgan fingerprint density at radius 2 is 1.74 bits per heavy atom. The Labute approximate surface area is 152 Å². The second kappa shape index (κ2) is 6.80. The number of aromatic nitrogens is 2. The molecule has 4 N–H and O–H groups in total. The normalized spacial score (nSPS) is 15.4. The summed E-state index contributed by atoms with van der Waals surface area (Å²) in [6.07, 6.45) is 0. The molecule has 0 radical (unpaired) electrons. The molecule has 2 aromatic rings. The first kappa shape index (κ1) is 17.9. The van der Waals surface area contributed by atoms with E-state index in [1.54, 1.807) is 12.1 Å². The fraction of sp³-hybridized carbons (Fsp3) is 0.235. The van der Waals surface area contributed by atoms with Crippen LogP contribution in [-0.4, -0.2) is 31.3 Å². The van der Waals surface area contributed by atoms with Crippen LogP contribution in [0.2, 0.25) is 0 Å². The highest BCUT2D eigenvalue weighted by molar-refractivity contribution is 5.59. The second-order valence-electron chi connectivity index (χ2n) is 5.53. The van der Waals surface area contributed by atoms with Crippen LogP contribution in [0.4, 0.5) is 0 Å². The van der Waals surface area contributed by atoms with Crippen LogP contribution >= 0.6 is 0 Å². The topological polar surface area (TPSA) is 152 Å². The summed E-state index contributed by atoms with van der Waals surface area (Å²) < 4.78 is 21.2. The van der Waals surface area contributed by atoms with Gasteiger partial charge in [0, 0.05) is 0 Å². The minimum atomic E-state index is -0.873. The van der Waals surface area contributed by atoms with Gasteiger partial charge in [0.15, 0.2) is 11.5 Å². The van der Waals surface area contributed by atoms with Gasteiger partial charge in [0.2, 0.25) is 17.4 Å². The quantitative estimate of drug-likeness (QED) is 0.693. The number of nitrogens with two attached hydrogens (primary N) is 1. The van der Waals surface area contributed by atoms with E-state index in [0.29, 0.717) is 22.8 Å². The van der Waals surface area contributed by atoms with E-state index in [1.165, 1.54) is 21.3 Å². The molecule has 1 atom stereocenters. The van der Waals surface area contributed by atoms with Crippen molar-refractivity contribution in [2.45, 2.75) is 5.92 Å². The van der Waals surface area contributed by atoms with E-state index in [9.17, 15) is 14.9 Å². The van der Waals surface area contributed by atoms with Crippen LogP contribution in [-0.2, 0) is 0 Å². The van der Waals surface area contributed by atoms with Gasteiger partial charge in [0.1, 0.15) is 11.6 Å². The molecule has 1 aromatic carbocycles. The molecule has 0 spiro atoms. The summed E-state index contributed by atoms with van der Waals surface area (Å²) in [6.45, 7) is 0. The monoisotopic (exact) mass is 372 g/mol. The zero-order valence-electron chi connectivity index (χ0n) is 14.7. The van der Waals surface area contributed by atoms with Gasteiger partial charge in [-0.15, -0.1) is 0 Å². The molecule has 0 aliphatic carbocycles. The Morgan fingerprint density at radius 3 is 2.26 bits per heavy atom. The van der Waals surface area contributed by atoms with Crippen molar-refractivity contribution < 1.29 is 18.9 Å². The molecule has 0 bridgehead atoms. The average molecular weight is 372 g/mol. The van der Waals surface area contributed by atoms with Gasteiger partial charge in [-0.25, -0.2) is 4.79 Å². The summed E-state index contributed by atoms with van der Waals surface area (Å²) in [5, 5.41) is 9.58. The molecule has 1 aromatic heterocycles. The van der Waals surface area contributed by atoms with Gasteiger partial charge in [-0.1, -0.05) is 0 Å². The van der Waals surface area contributed by atoms with Crippen LogP contribution in [0, 0.1) is 11.3 Å². The van der Waals surface area contributed by atoms with Gasteiger partial charge in [-0.2, -0.15) is 5.26 Å². The molecule has 10 heteroatoms. The van der Waals surface area contributed by atoms with E-state index >= 15 is 0 Å². The number of rotatable bonds is 4. The number of H-pyrrole nitrogens is 2. The Bertz CT molecular complexity index is 1070.